The predicted octanol–water partition coefficient (Wildman–Crippen LogP) is 3.48. The van der Waals surface area contributed by atoms with Gasteiger partial charge >= 0.3 is 0 Å². The molecule has 0 bridgehead atoms. The van der Waals surface area contributed by atoms with Gasteiger partial charge in [0.25, 0.3) is 0 Å². The number of benzene rings is 1. The lowest BCUT2D eigenvalue weighted by atomic mass is 10.0. The maximum atomic E-state index is 14.1. The van der Waals surface area contributed by atoms with Gasteiger partial charge in [-0.15, -0.1) is 0 Å². The predicted molar refractivity (Wildman–Crippen MR) is 91.4 cm³/mol. The molecule has 1 aromatic carbocycles. The van der Waals surface area contributed by atoms with Crippen LogP contribution in [0.4, 0.5) is 8.78 Å². The van der Waals surface area contributed by atoms with E-state index in [0.29, 0.717) is 24.9 Å². The summed E-state index contributed by atoms with van der Waals surface area (Å²) in [5.41, 5.74) is 0.543. The molecule has 4 nitrogen and oxygen atoms in total. The summed E-state index contributed by atoms with van der Waals surface area (Å²) >= 11 is 0. The SMILES string of the molecule is CC[C@H](c1ccc(F)cc1F)N1CCN(C[C@H](C#N)CCC#N)CC1. The Morgan fingerprint density at radius 1 is 1.16 bits per heavy atom. The Morgan fingerprint density at radius 3 is 2.44 bits per heavy atom. The highest BCUT2D eigenvalue weighted by molar-refractivity contribution is 5.22. The minimum absolute atomic E-state index is 0.0619. The van der Waals surface area contributed by atoms with Gasteiger partial charge in [-0.2, -0.15) is 10.5 Å². The summed E-state index contributed by atoms with van der Waals surface area (Å²) < 4.78 is 27.3. The summed E-state index contributed by atoms with van der Waals surface area (Å²) in [5, 5.41) is 17.8. The molecular weight excluding hydrogens is 322 g/mol. The van der Waals surface area contributed by atoms with Crippen molar-refractivity contribution in [2.75, 3.05) is 32.7 Å². The van der Waals surface area contributed by atoms with Crippen LogP contribution < -0.4 is 0 Å². The zero-order chi connectivity index (χ0) is 18.2. The van der Waals surface area contributed by atoms with Gasteiger partial charge in [-0.1, -0.05) is 13.0 Å². The minimum Gasteiger partial charge on any atom is -0.299 e. The Bertz CT molecular complexity index is 642. The van der Waals surface area contributed by atoms with E-state index in [1.54, 1.807) is 6.07 Å². The van der Waals surface area contributed by atoms with Crippen LogP contribution in [-0.2, 0) is 0 Å². The first kappa shape index (κ1) is 19.3. The second-order valence-corrected chi connectivity index (χ2v) is 6.45. The Hall–Kier alpha value is -2.02. The van der Waals surface area contributed by atoms with Crippen molar-refractivity contribution in [3.8, 4) is 12.1 Å². The molecule has 1 aliphatic rings. The smallest absolute Gasteiger partial charge is 0.130 e. The number of nitrogens with zero attached hydrogens (tertiary/aromatic N) is 4. The molecule has 1 heterocycles. The van der Waals surface area contributed by atoms with Crippen LogP contribution in [0.3, 0.4) is 0 Å². The van der Waals surface area contributed by atoms with Gasteiger partial charge in [0, 0.05) is 56.8 Å². The van der Waals surface area contributed by atoms with Gasteiger partial charge < -0.3 is 0 Å². The van der Waals surface area contributed by atoms with Crippen LogP contribution in [0.15, 0.2) is 18.2 Å². The number of rotatable bonds is 7. The van der Waals surface area contributed by atoms with Crippen LogP contribution in [0.5, 0.6) is 0 Å². The van der Waals surface area contributed by atoms with Crippen LogP contribution >= 0.6 is 0 Å². The van der Waals surface area contributed by atoms with Crippen molar-refractivity contribution in [3.63, 3.8) is 0 Å². The topological polar surface area (TPSA) is 54.1 Å². The van der Waals surface area contributed by atoms with E-state index in [-0.39, 0.29) is 12.0 Å². The Balaban J connectivity index is 1.94. The Morgan fingerprint density at radius 2 is 1.88 bits per heavy atom. The number of halogens is 2. The summed E-state index contributed by atoms with van der Waals surface area (Å²) in [7, 11) is 0. The van der Waals surface area contributed by atoms with Crippen molar-refractivity contribution < 1.29 is 8.78 Å². The summed E-state index contributed by atoms with van der Waals surface area (Å²) in [6, 6.07) is 8.10. The van der Waals surface area contributed by atoms with Crippen molar-refractivity contribution >= 4 is 0 Å². The van der Waals surface area contributed by atoms with E-state index >= 15 is 0 Å². The second kappa shape index (κ2) is 9.46. The number of hydrogen-bond acceptors (Lipinski definition) is 4. The molecule has 0 unspecified atom stereocenters. The summed E-state index contributed by atoms with van der Waals surface area (Å²) in [6.45, 7) is 5.87. The van der Waals surface area contributed by atoms with E-state index in [1.165, 1.54) is 6.07 Å². The average Bonchev–Trinajstić information content (AvgIpc) is 2.62. The van der Waals surface area contributed by atoms with Crippen molar-refractivity contribution in [2.45, 2.75) is 32.2 Å². The molecule has 134 valence electrons. The molecule has 0 saturated carbocycles. The molecule has 2 rings (SSSR count). The minimum atomic E-state index is -0.555. The van der Waals surface area contributed by atoms with Crippen LogP contribution in [0.2, 0.25) is 0 Å². The molecule has 1 aromatic rings. The van der Waals surface area contributed by atoms with Crippen molar-refractivity contribution in [3.05, 3.63) is 35.4 Å². The molecule has 2 atom stereocenters. The van der Waals surface area contributed by atoms with Gasteiger partial charge in [0.2, 0.25) is 0 Å². The highest BCUT2D eigenvalue weighted by atomic mass is 19.1. The number of piperazine rings is 1. The van der Waals surface area contributed by atoms with E-state index in [1.807, 2.05) is 6.92 Å². The fourth-order valence-corrected chi connectivity index (χ4v) is 3.45. The molecule has 0 aliphatic carbocycles. The highest BCUT2D eigenvalue weighted by Crippen LogP contribution is 2.28. The molecule has 25 heavy (non-hydrogen) atoms. The van der Waals surface area contributed by atoms with Gasteiger partial charge in [-0.25, -0.2) is 8.78 Å². The lowest BCUT2D eigenvalue weighted by Gasteiger charge is -2.39. The third kappa shape index (κ3) is 5.22. The summed E-state index contributed by atoms with van der Waals surface area (Å²) in [4.78, 5) is 4.46. The zero-order valence-electron chi connectivity index (χ0n) is 14.6. The van der Waals surface area contributed by atoms with Gasteiger partial charge in [-0.05, 0) is 18.9 Å². The zero-order valence-corrected chi connectivity index (χ0v) is 14.6. The van der Waals surface area contributed by atoms with E-state index in [4.69, 9.17) is 5.26 Å². The maximum absolute atomic E-state index is 14.1. The number of nitriles is 2. The number of hydrogen-bond donors (Lipinski definition) is 0. The Labute approximate surface area is 148 Å². The quantitative estimate of drug-likeness (QED) is 0.758. The van der Waals surface area contributed by atoms with Crippen molar-refractivity contribution in [1.82, 2.24) is 9.80 Å². The maximum Gasteiger partial charge on any atom is 0.130 e. The van der Waals surface area contributed by atoms with Crippen molar-refractivity contribution in [1.29, 1.82) is 10.5 Å². The second-order valence-electron chi connectivity index (χ2n) is 6.45. The first-order valence-corrected chi connectivity index (χ1v) is 8.77. The molecule has 0 N–H and O–H groups in total. The first-order chi connectivity index (χ1) is 12.1. The molecule has 0 radical (unpaired) electrons. The molecule has 1 saturated heterocycles. The summed E-state index contributed by atoms with van der Waals surface area (Å²) in [5.74, 6) is -1.17. The normalized spacial score (nSPS) is 18.3. The fraction of sp³-hybridized carbons (Fsp3) is 0.579. The van der Waals surface area contributed by atoms with E-state index in [9.17, 15) is 14.0 Å². The average molecular weight is 346 g/mol. The van der Waals surface area contributed by atoms with Gasteiger partial charge in [0.05, 0.1) is 18.1 Å². The molecule has 0 amide bonds. The largest absolute Gasteiger partial charge is 0.299 e. The van der Waals surface area contributed by atoms with Crippen molar-refractivity contribution in [2.24, 2.45) is 5.92 Å². The van der Waals surface area contributed by atoms with E-state index in [2.05, 4.69) is 21.9 Å². The monoisotopic (exact) mass is 346 g/mol. The molecular formula is C19H24F2N4. The van der Waals surface area contributed by atoms with Gasteiger partial charge in [0.15, 0.2) is 0 Å². The highest BCUT2D eigenvalue weighted by Gasteiger charge is 2.26. The van der Waals surface area contributed by atoms with Gasteiger partial charge in [0.1, 0.15) is 11.6 Å². The molecule has 1 fully saturated rings. The van der Waals surface area contributed by atoms with Crippen LogP contribution in [0.25, 0.3) is 0 Å². The molecule has 0 spiro atoms. The third-order valence-corrected chi connectivity index (χ3v) is 4.82. The Kier molecular flexibility index (Phi) is 7.31. The van der Waals surface area contributed by atoms with Crippen LogP contribution in [-0.4, -0.2) is 42.5 Å². The molecule has 1 aliphatic heterocycles. The fourth-order valence-electron chi connectivity index (χ4n) is 3.45. The molecule has 6 heteroatoms. The van der Waals surface area contributed by atoms with E-state index in [0.717, 1.165) is 38.7 Å². The molecule has 0 aromatic heterocycles. The summed E-state index contributed by atoms with van der Waals surface area (Å²) in [6.07, 6.45) is 1.76. The standard InChI is InChI=1S/C19H24F2N4/c1-2-19(17-6-5-16(20)12-18(17)21)25-10-8-24(9-11-25)14-15(13-23)4-3-7-22/h5-6,12,15,19H,2-4,8-11,14H2,1H3/t15-,19+/m0/s1. The van der Waals surface area contributed by atoms with Crippen LogP contribution in [0, 0.1) is 40.2 Å². The lowest BCUT2D eigenvalue weighted by Crippen LogP contribution is -2.48. The van der Waals surface area contributed by atoms with Crippen LogP contribution in [0.1, 0.15) is 37.8 Å². The first-order valence-electron chi connectivity index (χ1n) is 8.77. The van der Waals surface area contributed by atoms with E-state index < -0.39 is 11.6 Å². The third-order valence-electron chi connectivity index (χ3n) is 4.82. The lowest BCUT2D eigenvalue weighted by molar-refractivity contribution is 0.0862. The van der Waals surface area contributed by atoms with Gasteiger partial charge in [-0.3, -0.25) is 9.80 Å².